The molecule has 1 heterocycles. The summed E-state index contributed by atoms with van der Waals surface area (Å²) in [5.74, 6) is -1.35. The Morgan fingerprint density at radius 1 is 1.19 bits per heavy atom. The van der Waals surface area contributed by atoms with Crippen molar-refractivity contribution in [2.75, 3.05) is 5.75 Å². The van der Waals surface area contributed by atoms with E-state index in [4.69, 9.17) is 11.6 Å². The summed E-state index contributed by atoms with van der Waals surface area (Å²) in [4.78, 5) is 17.1. The van der Waals surface area contributed by atoms with Crippen molar-refractivity contribution >= 4 is 48.9 Å². The van der Waals surface area contributed by atoms with E-state index in [1.165, 1.54) is 35.6 Å². The van der Waals surface area contributed by atoms with Crippen LogP contribution in [0.4, 0.5) is 0 Å². The van der Waals surface area contributed by atoms with Crippen molar-refractivity contribution in [3.63, 3.8) is 0 Å². The second-order valence-corrected chi connectivity index (χ2v) is 9.66. The van der Waals surface area contributed by atoms with Crippen LogP contribution in [0.25, 0.3) is 10.2 Å². The van der Waals surface area contributed by atoms with Crippen molar-refractivity contribution in [1.82, 2.24) is 4.57 Å². The number of thiazole rings is 1. The standard InChI is InChI=1S/C19H19ClN2O3S2/c1-3-10-22-16-9-4-13(2)11-17(16)26-19(22)21-18(23)12-27(24,25)15-7-5-14(20)6-8-15/h4-9,11H,3,10,12H2,1-2H3. The molecule has 0 spiro atoms. The average Bonchev–Trinajstić information content (AvgIpc) is 2.91. The minimum absolute atomic E-state index is 0.0591. The fraction of sp³-hybridized carbons (Fsp3) is 0.263. The van der Waals surface area contributed by atoms with Crippen LogP contribution in [0.5, 0.6) is 0 Å². The van der Waals surface area contributed by atoms with Crippen LogP contribution < -0.4 is 4.80 Å². The molecule has 0 unspecified atom stereocenters. The van der Waals surface area contributed by atoms with E-state index in [0.717, 1.165) is 22.2 Å². The van der Waals surface area contributed by atoms with Gasteiger partial charge in [-0.15, -0.1) is 0 Å². The molecule has 0 aliphatic heterocycles. The second-order valence-electron chi connectivity index (χ2n) is 6.23. The Kier molecular flexibility index (Phi) is 5.83. The summed E-state index contributed by atoms with van der Waals surface area (Å²) in [7, 11) is -3.76. The van der Waals surface area contributed by atoms with Gasteiger partial charge in [-0.3, -0.25) is 4.79 Å². The topological polar surface area (TPSA) is 68.5 Å². The van der Waals surface area contributed by atoms with Gasteiger partial charge in [0, 0.05) is 11.6 Å². The van der Waals surface area contributed by atoms with Gasteiger partial charge in [0.05, 0.1) is 15.1 Å². The van der Waals surface area contributed by atoms with Crippen LogP contribution in [-0.2, 0) is 21.2 Å². The number of aromatic nitrogens is 1. The maximum Gasteiger partial charge on any atom is 0.263 e. The molecule has 142 valence electrons. The molecule has 0 radical (unpaired) electrons. The van der Waals surface area contributed by atoms with Gasteiger partial charge in [-0.1, -0.05) is 35.9 Å². The van der Waals surface area contributed by atoms with Gasteiger partial charge in [0.2, 0.25) is 0 Å². The highest BCUT2D eigenvalue weighted by Gasteiger charge is 2.19. The number of sulfone groups is 1. The quantitative estimate of drug-likeness (QED) is 0.624. The Hall–Kier alpha value is -1.96. The van der Waals surface area contributed by atoms with Crippen LogP contribution >= 0.6 is 22.9 Å². The van der Waals surface area contributed by atoms with Gasteiger partial charge < -0.3 is 4.57 Å². The summed E-state index contributed by atoms with van der Waals surface area (Å²) < 4.78 is 27.9. The first-order valence-corrected chi connectivity index (χ1v) is 11.3. The minimum atomic E-state index is -3.76. The molecular weight excluding hydrogens is 404 g/mol. The van der Waals surface area contributed by atoms with Crippen molar-refractivity contribution in [3.05, 3.63) is 57.9 Å². The van der Waals surface area contributed by atoms with Crippen LogP contribution in [0.3, 0.4) is 0 Å². The molecule has 0 N–H and O–H groups in total. The molecule has 3 rings (SSSR count). The van der Waals surface area contributed by atoms with Gasteiger partial charge in [-0.25, -0.2) is 8.42 Å². The molecule has 0 saturated carbocycles. The Morgan fingerprint density at radius 2 is 1.89 bits per heavy atom. The number of hydrogen-bond acceptors (Lipinski definition) is 4. The van der Waals surface area contributed by atoms with Gasteiger partial charge in [-0.05, 0) is 55.3 Å². The number of benzene rings is 2. The molecule has 3 aromatic rings. The number of nitrogens with zero attached hydrogens (tertiary/aromatic N) is 2. The molecule has 1 aromatic heterocycles. The highest BCUT2D eigenvalue weighted by atomic mass is 35.5. The first-order valence-electron chi connectivity index (χ1n) is 8.46. The molecule has 1 amide bonds. The summed E-state index contributed by atoms with van der Waals surface area (Å²) in [6.07, 6.45) is 0.879. The Morgan fingerprint density at radius 3 is 2.56 bits per heavy atom. The molecule has 27 heavy (non-hydrogen) atoms. The highest BCUT2D eigenvalue weighted by Crippen LogP contribution is 2.19. The first kappa shape index (κ1) is 19.8. The molecule has 2 aromatic carbocycles. The van der Waals surface area contributed by atoms with Gasteiger partial charge in [0.15, 0.2) is 14.6 Å². The zero-order chi connectivity index (χ0) is 19.6. The second kappa shape index (κ2) is 7.96. The predicted molar refractivity (Wildman–Crippen MR) is 109 cm³/mol. The fourth-order valence-corrected chi connectivity index (χ4v) is 5.14. The molecule has 0 saturated heterocycles. The number of hydrogen-bond donors (Lipinski definition) is 0. The van der Waals surface area contributed by atoms with E-state index in [9.17, 15) is 13.2 Å². The smallest absolute Gasteiger partial charge is 0.263 e. The summed E-state index contributed by atoms with van der Waals surface area (Å²) in [5.41, 5.74) is 2.12. The third kappa shape index (κ3) is 4.48. The van der Waals surface area contributed by atoms with Gasteiger partial charge in [0.25, 0.3) is 5.91 Å². The number of rotatable bonds is 5. The van der Waals surface area contributed by atoms with E-state index < -0.39 is 21.5 Å². The third-order valence-corrected chi connectivity index (χ3v) is 6.90. The van der Waals surface area contributed by atoms with Crippen LogP contribution in [0, 0.1) is 6.92 Å². The van der Waals surface area contributed by atoms with Crippen molar-refractivity contribution in [3.8, 4) is 0 Å². The minimum Gasteiger partial charge on any atom is -0.316 e. The summed E-state index contributed by atoms with van der Waals surface area (Å²) >= 11 is 7.18. The number of amides is 1. The highest BCUT2D eigenvalue weighted by molar-refractivity contribution is 7.92. The lowest BCUT2D eigenvalue weighted by Gasteiger charge is -2.03. The first-order chi connectivity index (χ1) is 12.8. The van der Waals surface area contributed by atoms with Gasteiger partial charge in [0.1, 0.15) is 5.75 Å². The Labute approximate surface area is 166 Å². The Balaban J connectivity index is 1.97. The lowest BCUT2D eigenvalue weighted by atomic mass is 10.2. The van der Waals surface area contributed by atoms with E-state index in [1.807, 2.05) is 36.6 Å². The van der Waals surface area contributed by atoms with E-state index in [1.54, 1.807) is 0 Å². The van der Waals surface area contributed by atoms with Gasteiger partial charge in [-0.2, -0.15) is 4.99 Å². The van der Waals surface area contributed by atoms with Crippen molar-refractivity contribution in [2.45, 2.75) is 31.7 Å². The molecule has 0 aliphatic carbocycles. The lowest BCUT2D eigenvalue weighted by Crippen LogP contribution is -2.21. The molecule has 8 heteroatoms. The monoisotopic (exact) mass is 422 g/mol. The maximum atomic E-state index is 12.4. The molecule has 0 atom stereocenters. The molecule has 0 fully saturated rings. The third-order valence-electron chi connectivity index (χ3n) is 3.99. The molecule has 0 bridgehead atoms. The fourth-order valence-electron chi connectivity index (χ4n) is 2.73. The number of fused-ring (bicyclic) bond motifs is 1. The van der Waals surface area contributed by atoms with E-state index in [0.29, 0.717) is 16.4 Å². The SMILES string of the molecule is CCCn1c(=NC(=O)CS(=O)(=O)c2ccc(Cl)cc2)sc2cc(C)ccc21. The summed E-state index contributed by atoms with van der Waals surface area (Å²) in [5, 5.41) is 0.436. The molecule has 5 nitrogen and oxygen atoms in total. The zero-order valence-electron chi connectivity index (χ0n) is 15.0. The largest absolute Gasteiger partial charge is 0.316 e. The van der Waals surface area contributed by atoms with Crippen LogP contribution in [0.15, 0.2) is 52.4 Å². The lowest BCUT2D eigenvalue weighted by molar-refractivity contribution is -0.115. The van der Waals surface area contributed by atoms with Gasteiger partial charge >= 0.3 is 0 Å². The average molecular weight is 423 g/mol. The van der Waals surface area contributed by atoms with E-state index in [2.05, 4.69) is 4.99 Å². The molecule has 0 aliphatic rings. The number of carbonyl (C=O) groups excluding carboxylic acids is 1. The maximum absolute atomic E-state index is 12.4. The molecular formula is C19H19ClN2O3S2. The predicted octanol–water partition coefficient (Wildman–Crippen LogP) is 3.98. The summed E-state index contributed by atoms with van der Waals surface area (Å²) in [6, 6.07) is 11.8. The van der Waals surface area contributed by atoms with E-state index in [-0.39, 0.29) is 4.90 Å². The van der Waals surface area contributed by atoms with Crippen LogP contribution in [0.2, 0.25) is 5.02 Å². The number of aryl methyl sites for hydroxylation is 2. The van der Waals surface area contributed by atoms with Crippen molar-refractivity contribution in [2.24, 2.45) is 4.99 Å². The van der Waals surface area contributed by atoms with Crippen molar-refractivity contribution < 1.29 is 13.2 Å². The van der Waals surface area contributed by atoms with Crippen molar-refractivity contribution in [1.29, 1.82) is 0 Å². The number of halogens is 1. The summed E-state index contributed by atoms with van der Waals surface area (Å²) in [6.45, 7) is 4.75. The zero-order valence-corrected chi connectivity index (χ0v) is 17.4. The number of carbonyl (C=O) groups is 1. The normalized spacial score (nSPS) is 12.6. The van der Waals surface area contributed by atoms with E-state index >= 15 is 0 Å². The van der Waals surface area contributed by atoms with Crippen LogP contribution in [-0.4, -0.2) is 24.6 Å². The Bertz CT molecular complexity index is 1160. The van der Waals surface area contributed by atoms with Crippen LogP contribution in [0.1, 0.15) is 18.9 Å².